The molecule has 1 aliphatic heterocycles. The van der Waals surface area contributed by atoms with Gasteiger partial charge in [-0.05, 0) is 37.6 Å². The zero-order valence-electron chi connectivity index (χ0n) is 20.7. The number of esters is 1. The van der Waals surface area contributed by atoms with E-state index < -0.39 is 62.7 Å². The van der Waals surface area contributed by atoms with Gasteiger partial charge < -0.3 is 14.0 Å². The molecule has 3 rings (SSSR count). The van der Waals surface area contributed by atoms with E-state index in [0.29, 0.717) is 11.3 Å². The summed E-state index contributed by atoms with van der Waals surface area (Å²) >= 11 is 0. The number of benzene rings is 1. The van der Waals surface area contributed by atoms with Gasteiger partial charge in [0.05, 0.1) is 37.4 Å². The number of aromatic nitrogens is 1. The van der Waals surface area contributed by atoms with E-state index >= 15 is 0 Å². The summed E-state index contributed by atoms with van der Waals surface area (Å²) in [4.78, 5) is 25.4. The normalized spacial score (nSPS) is 18.8. The van der Waals surface area contributed by atoms with Crippen LogP contribution in [0.5, 0.6) is 5.75 Å². The molecule has 200 valence electrons. The van der Waals surface area contributed by atoms with Crippen LogP contribution in [0.1, 0.15) is 49.1 Å². The number of hydrogen-bond acceptors (Lipinski definition) is 11. The van der Waals surface area contributed by atoms with Gasteiger partial charge in [-0.3, -0.25) is 18.0 Å². The number of nitriles is 1. The van der Waals surface area contributed by atoms with E-state index in [4.69, 9.17) is 17.8 Å². The van der Waals surface area contributed by atoms with Crippen molar-refractivity contribution in [3.05, 3.63) is 63.1 Å². The van der Waals surface area contributed by atoms with E-state index in [1.807, 2.05) is 6.07 Å². The molecule has 0 bridgehead atoms. The molecule has 14 heteroatoms. The highest BCUT2D eigenvalue weighted by molar-refractivity contribution is 7.86. The molecule has 1 aliphatic rings. The standard InChI is InChI=1S/C23H26N2O10S2/c1-14(26)34-22-21(18-8-15(10-24)6-7-19(18)35-23(22,2)3)25-11-17(13-33-37(5,30)31)16(9-20(25)27)12-32-36(4,28)29/h6-9,11,21-22H,12-13H2,1-5H3/t21-,22+/m0/s1. The van der Waals surface area contributed by atoms with Crippen LogP contribution in [0, 0.1) is 11.3 Å². The lowest BCUT2D eigenvalue weighted by Crippen LogP contribution is -2.54. The van der Waals surface area contributed by atoms with E-state index in [1.54, 1.807) is 19.9 Å². The summed E-state index contributed by atoms with van der Waals surface area (Å²) in [6, 6.07) is 6.73. The van der Waals surface area contributed by atoms with Crippen LogP contribution in [-0.2, 0) is 51.3 Å². The number of pyridine rings is 1. The van der Waals surface area contributed by atoms with E-state index in [2.05, 4.69) is 0 Å². The van der Waals surface area contributed by atoms with Crippen molar-refractivity contribution in [2.75, 3.05) is 12.5 Å². The fraction of sp³-hybridized carbons (Fsp3) is 0.435. The Morgan fingerprint density at radius 1 is 1.08 bits per heavy atom. The second-order valence-corrected chi connectivity index (χ2v) is 12.3. The predicted octanol–water partition coefficient (Wildman–Crippen LogP) is 1.36. The zero-order chi connectivity index (χ0) is 27.8. The van der Waals surface area contributed by atoms with E-state index in [0.717, 1.165) is 18.6 Å². The summed E-state index contributed by atoms with van der Waals surface area (Å²) in [6.07, 6.45) is 1.91. The Morgan fingerprint density at radius 2 is 1.68 bits per heavy atom. The van der Waals surface area contributed by atoms with Crippen molar-refractivity contribution in [3.63, 3.8) is 0 Å². The van der Waals surface area contributed by atoms with Crippen molar-refractivity contribution in [3.8, 4) is 11.8 Å². The summed E-state index contributed by atoms with van der Waals surface area (Å²) in [5.41, 5.74) is -0.904. The summed E-state index contributed by atoms with van der Waals surface area (Å²) < 4.78 is 68.9. The zero-order valence-corrected chi connectivity index (χ0v) is 22.4. The van der Waals surface area contributed by atoms with Crippen molar-refractivity contribution in [2.24, 2.45) is 0 Å². The van der Waals surface area contributed by atoms with Gasteiger partial charge in [-0.15, -0.1) is 0 Å². The molecule has 0 spiro atoms. The van der Waals surface area contributed by atoms with E-state index in [1.165, 1.54) is 29.8 Å². The Balaban J connectivity index is 2.27. The Kier molecular flexibility index (Phi) is 7.85. The van der Waals surface area contributed by atoms with Gasteiger partial charge >= 0.3 is 5.97 Å². The first-order chi connectivity index (χ1) is 17.0. The smallest absolute Gasteiger partial charge is 0.303 e. The van der Waals surface area contributed by atoms with Crippen LogP contribution < -0.4 is 10.3 Å². The second-order valence-electron chi connectivity index (χ2n) is 9.05. The Labute approximate surface area is 214 Å². The van der Waals surface area contributed by atoms with Crippen molar-refractivity contribution in [2.45, 2.75) is 51.7 Å². The maximum Gasteiger partial charge on any atom is 0.303 e. The molecule has 0 aliphatic carbocycles. The number of nitrogens with zero attached hydrogens (tertiary/aromatic N) is 2. The Bertz CT molecular complexity index is 1540. The molecule has 1 aromatic carbocycles. The van der Waals surface area contributed by atoms with Gasteiger partial charge in [0.1, 0.15) is 17.4 Å². The van der Waals surface area contributed by atoms with Gasteiger partial charge in [-0.25, -0.2) is 0 Å². The third kappa shape index (κ3) is 6.95. The fourth-order valence-corrected chi connectivity index (χ4v) is 4.64. The third-order valence-electron chi connectivity index (χ3n) is 5.51. The van der Waals surface area contributed by atoms with Crippen LogP contribution in [0.2, 0.25) is 0 Å². The minimum atomic E-state index is -3.91. The molecule has 2 aromatic rings. The summed E-state index contributed by atoms with van der Waals surface area (Å²) in [5.74, 6) is -0.291. The Morgan fingerprint density at radius 3 is 2.22 bits per heavy atom. The molecule has 2 heterocycles. The number of carbonyl (C=O) groups is 1. The van der Waals surface area contributed by atoms with Gasteiger partial charge in [0.15, 0.2) is 6.10 Å². The summed E-state index contributed by atoms with van der Waals surface area (Å²) in [6.45, 7) is 3.47. The average molecular weight is 555 g/mol. The molecule has 0 unspecified atom stereocenters. The van der Waals surface area contributed by atoms with Gasteiger partial charge in [-0.2, -0.15) is 22.1 Å². The van der Waals surface area contributed by atoms with Gasteiger partial charge in [-0.1, -0.05) is 0 Å². The summed E-state index contributed by atoms with van der Waals surface area (Å²) in [7, 11) is -7.79. The van der Waals surface area contributed by atoms with Crippen LogP contribution in [0.3, 0.4) is 0 Å². The van der Waals surface area contributed by atoms with Gasteiger partial charge in [0.25, 0.3) is 25.8 Å². The fourth-order valence-electron chi connectivity index (χ4n) is 3.96. The molecule has 2 atom stereocenters. The first-order valence-corrected chi connectivity index (χ1v) is 14.5. The van der Waals surface area contributed by atoms with Crippen LogP contribution in [0.25, 0.3) is 0 Å². The molecule has 0 radical (unpaired) electrons. The van der Waals surface area contributed by atoms with Crippen molar-refractivity contribution in [1.29, 1.82) is 5.26 Å². The minimum Gasteiger partial charge on any atom is -0.484 e. The molecule has 12 nitrogen and oxygen atoms in total. The molecule has 0 amide bonds. The topological polar surface area (TPSA) is 168 Å². The molecular formula is C23H26N2O10S2. The van der Waals surface area contributed by atoms with Gasteiger partial charge in [0, 0.05) is 30.3 Å². The molecule has 1 aromatic heterocycles. The number of rotatable bonds is 8. The minimum absolute atomic E-state index is 0.0803. The van der Waals surface area contributed by atoms with Crippen LogP contribution in [0.15, 0.2) is 35.3 Å². The highest BCUT2D eigenvalue weighted by atomic mass is 32.2. The SMILES string of the molecule is CC(=O)O[C@@H]1[C@@H](n2cc(COS(C)(=O)=O)c(COS(C)(=O)=O)cc2=O)c2cc(C#N)ccc2OC1(C)C. The monoisotopic (exact) mass is 554 g/mol. The lowest BCUT2D eigenvalue weighted by Gasteiger charge is -2.44. The van der Waals surface area contributed by atoms with Crippen molar-refractivity contribution < 1.29 is 39.5 Å². The summed E-state index contributed by atoms with van der Waals surface area (Å²) in [5, 5.41) is 9.43. The molecule has 37 heavy (non-hydrogen) atoms. The average Bonchev–Trinajstić information content (AvgIpc) is 2.76. The highest BCUT2D eigenvalue weighted by Crippen LogP contribution is 2.43. The van der Waals surface area contributed by atoms with Crippen LogP contribution in [-0.4, -0.2) is 51.6 Å². The Hall–Kier alpha value is -3.25. The predicted molar refractivity (Wildman–Crippen MR) is 130 cm³/mol. The molecule has 0 N–H and O–H groups in total. The third-order valence-corrected chi connectivity index (χ3v) is 6.60. The van der Waals surface area contributed by atoms with E-state index in [-0.39, 0.29) is 16.7 Å². The molecule has 0 saturated heterocycles. The molecular weight excluding hydrogens is 528 g/mol. The van der Waals surface area contributed by atoms with Crippen molar-refractivity contribution >= 4 is 26.2 Å². The number of carbonyl (C=O) groups excluding carboxylic acids is 1. The maximum atomic E-state index is 13.4. The number of hydrogen-bond donors (Lipinski definition) is 0. The first-order valence-electron chi connectivity index (χ1n) is 10.8. The highest BCUT2D eigenvalue weighted by Gasteiger charge is 2.47. The largest absolute Gasteiger partial charge is 0.484 e. The molecule has 0 fully saturated rings. The number of fused-ring (bicyclic) bond motifs is 1. The van der Waals surface area contributed by atoms with E-state index in [9.17, 15) is 31.7 Å². The van der Waals surface area contributed by atoms with Crippen LogP contribution in [0.4, 0.5) is 0 Å². The lowest BCUT2D eigenvalue weighted by molar-refractivity contribution is -0.163. The van der Waals surface area contributed by atoms with Gasteiger partial charge in [0.2, 0.25) is 0 Å². The maximum absolute atomic E-state index is 13.4. The van der Waals surface area contributed by atoms with Crippen molar-refractivity contribution in [1.82, 2.24) is 4.57 Å². The molecule has 0 saturated carbocycles. The quantitative estimate of drug-likeness (QED) is 0.341. The van der Waals surface area contributed by atoms with Crippen LogP contribution >= 0.6 is 0 Å². The first kappa shape index (κ1) is 28.3. The second kappa shape index (κ2) is 10.3. The lowest BCUT2D eigenvalue weighted by atomic mass is 9.85. The number of ether oxygens (including phenoxy) is 2.